The van der Waals surface area contributed by atoms with Crippen molar-refractivity contribution in [1.82, 2.24) is 0 Å². The van der Waals surface area contributed by atoms with Gasteiger partial charge in [-0.15, -0.1) is 5.54 Å². The number of aliphatic imine (C=N–C) groups is 1. The molecule has 0 aromatic heterocycles. The second-order valence-electron chi connectivity index (χ2n) is 7.21. The first-order chi connectivity index (χ1) is 10.9. The van der Waals surface area contributed by atoms with E-state index in [0.29, 0.717) is 5.69 Å². The normalized spacial score (nSPS) is 16.8. The van der Waals surface area contributed by atoms with Crippen molar-refractivity contribution in [3.8, 4) is 11.5 Å². The average molecular weight is 348 g/mol. The molecule has 0 atom stereocenters. The maximum absolute atomic E-state index is 13.4. The molecular formula is C19H26FNSSi. The Labute approximate surface area is 145 Å². The van der Waals surface area contributed by atoms with E-state index in [2.05, 4.69) is 36.1 Å². The zero-order chi connectivity index (χ0) is 16.7. The zero-order valence-electron chi connectivity index (χ0n) is 14.4. The molecule has 0 heterocycles. The third-order valence-corrected chi connectivity index (χ3v) is 5.74. The van der Waals surface area contributed by atoms with Crippen LogP contribution in [0, 0.1) is 23.2 Å². The van der Waals surface area contributed by atoms with Crippen LogP contribution in [0.4, 0.5) is 10.1 Å². The molecule has 124 valence electrons. The molecule has 0 N–H and O–H groups in total. The number of rotatable bonds is 3. The standard InChI is InChI=1S/C19H26FNSSi/c1-23(2,3)13-12-19(21-18-11-7-10-17(20)14-18)22-15-16-8-5-4-6-9-16/h7,10-11,14,16H,4-6,8-9,15H2,1-3H3. The average Bonchev–Trinajstić information content (AvgIpc) is 2.50. The summed E-state index contributed by atoms with van der Waals surface area (Å²) in [4.78, 5) is 4.60. The first-order valence-electron chi connectivity index (χ1n) is 8.43. The molecule has 0 bridgehead atoms. The highest BCUT2D eigenvalue weighted by Crippen LogP contribution is 2.28. The molecule has 23 heavy (non-hydrogen) atoms. The van der Waals surface area contributed by atoms with Crippen LogP contribution in [0.5, 0.6) is 0 Å². The number of nitrogens with zero attached hydrogens (tertiary/aromatic N) is 1. The molecule has 1 aromatic carbocycles. The van der Waals surface area contributed by atoms with E-state index in [-0.39, 0.29) is 5.82 Å². The lowest BCUT2D eigenvalue weighted by Gasteiger charge is -2.20. The molecule has 1 aliphatic carbocycles. The highest BCUT2D eigenvalue weighted by atomic mass is 32.2. The van der Waals surface area contributed by atoms with Crippen LogP contribution in [0.2, 0.25) is 19.6 Å². The van der Waals surface area contributed by atoms with Crippen LogP contribution in [0.15, 0.2) is 29.3 Å². The number of hydrogen-bond donors (Lipinski definition) is 0. The fourth-order valence-corrected chi connectivity index (χ4v) is 4.15. The van der Waals surface area contributed by atoms with Crippen molar-refractivity contribution in [2.45, 2.75) is 51.7 Å². The summed E-state index contributed by atoms with van der Waals surface area (Å²) in [5.74, 6) is 4.88. The van der Waals surface area contributed by atoms with Crippen molar-refractivity contribution in [1.29, 1.82) is 0 Å². The van der Waals surface area contributed by atoms with Crippen LogP contribution in [-0.2, 0) is 0 Å². The highest BCUT2D eigenvalue weighted by Gasteiger charge is 2.15. The van der Waals surface area contributed by atoms with Crippen LogP contribution in [0.25, 0.3) is 0 Å². The van der Waals surface area contributed by atoms with Gasteiger partial charge in [-0.05, 0) is 42.9 Å². The lowest BCUT2D eigenvalue weighted by Crippen LogP contribution is -2.17. The van der Waals surface area contributed by atoms with E-state index in [9.17, 15) is 4.39 Å². The Balaban J connectivity index is 2.11. The third kappa shape index (κ3) is 7.37. The topological polar surface area (TPSA) is 12.4 Å². The van der Waals surface area contributed by atoms with E-state index in [1.165, 1.54) is 44.2 Å². The molecule has 0 spiro atoms. The molecule has 0 unspecified atom stereocenters. The van der Waals surface area contributed by atoms with Gasteiger partial charge >= 0.3 is 0 Å². The molecule has 1 aliphatic rings. The van der Waals surface area contributed by atoms with Crippen LogP contribution in [0.3, 0.4) is 0 Å². The fourth-order valence-electron chi connectivity index (χ4n) is 2.55. The largest absolute Gasteiger partial charge is 0.233 e. The summed E-state index contributed by atoms with van der Waals surface area (Å²) in [6.07, 6.45) is 6.72. The monoisotopic (exact) mass is 347 g/mol. The van der Waals surface area contributed by atoms with Crippen LogP contribution in [-0.4, -0.2) is 18.9 Å². The van der Waals surface area contributed by atoms with Gasteiger partial charge in [-0.3, -0.25) is 0 Å². The van der Waals surface area contributed by atoms with Gasteiger partial charge in [-0.25, -0.2) is 9.38 Å². The minimum atomic E-state index is -1.45. The van der Waals surface area contributed by atoms with Gasteiger partial charge in [0.2, 0.25) is 0 Å². The highest BCUT2D eigenvalue weighted by molar-refractivity contribution is 8.14. The summed E-state index contributed by atoms with van der Waals surface area (Å²) < 4.78 is 13.4. The smallest absolute Gasteiger partial charge is 0.146 e. The Morgan fingerprint density at radius 2 is 2.00 bits per heavy atom. The van der Waals surface area contributed by atoms with E-state index < -0.39 is 8.07 Å². The maximum Gasteiger partial charge on any atom is 0.146 e. The minimum absolute atomic E-state index is 0.249. The maximum atomic E-state index is 13.4. The van der Waals surface area contributed by atoms with E-state index in [1.54, 1.807) is 17.8 Å². The SMILES string of the molecule is C[Si](C)(C)C#CC(=Nc1cccc(F)c1)SCC1CCCCC1. The molecule has 0 radical (unpaired) electrons. The molecule has 1 nitrogen and oxygen atoms in total. The Hall–Kier alpha value is -1.05. The van der Waals surface area contributed by atoms with Crippen molar-refractivity contribution >= 4 is 30.6 Å². The van der Waals surface area contributed by atoms with Gasteiger partial charge in [-0.1, -0.05) is 56.7 Å². The van der Waals surface area contributed by atoms with Crippen LogP contribution >= 0.6 is 11.8 Å². The van der Waals surface area contributed by atoms with Gasteiger partial charge in [-0.2, -0.15) is 0 Å². The Morgan fingerprint density at radius 1 is 1.26 bits per heavy atom. The molecular weight excluding hydrogens is 321 g/mol. The lowest BCUT2D eigenvalue weighted by molar-refractivity contribution is 0.391. The summed E-state index contributed by atoms with van der Waals surface area (Å²) in [7, 11) is -1.45. The second-order valence-corrected chi connectivity index (χ2v) is 13.0. The second kappa shape index (κ2) is 8.70. The molecule has 2 rings (SSSR count). The summed E-state index contributed by atoms with van der Waals surface area (Å²) in [6.45, 7) is 6.68. The third-order valence-electron chi connectivity index (χ3n) is 3.76. The minimum Gasteiger partial charge on any atom is -0.233 e. The van der Waals surface area contributed by atoms with Gasteiger partial charge < -0.3 is 0 Å². The molecule has 1 fully saturated rings. The van der Waals surface area contributed by atoms with E-state index >= 15 is 0 Å². The quantitative estimate of drug-likeness (QED) is 0.280. The predicted molar refractivity (Wildman–Crippen MR) is 104 cm³/mol. The van der Waals surface area contributed by atoms with E-state index in [0.717, 1.165) is 16.7 Å². The predicted octanol–water partition coefficient (Wildman–Crippen LogP) is 6.05. The fraction of sp³-hybridized carbons (Fsp3) is 0.526. The van der Waals surface area contributed by atoms with Gasteiger partial charge in [0.1, 0.15) is 18.9 Å². The molecule has 0 saturated heterocycles. The summed E-state index contributed by atoms with van der Waals surface area (Å²) >= 11 is 1.75. The van der Waals surface area contributed by atoms with Gasteiger partial charge in [0.05, 0.1) is 5.69 Å². The van der Waals surface area contributed by atoms with E-state index in [1.807, 2.05) is 6.07 Å². The van der Waals surface area contributed by atoms with Gasteiger partial charge in [0.25, 0.3) is 0 Å². The lowest BCUT2D eigenvalue weighted by atomic mass is 9.91. The van der Waals surface area contributed by atoms with Crippen LogP contribution < -0.4 is 0 Å². The molecule has 1 aromatic rings. The summed E-state index contributed by atoms with van der Waals surface area (Å²) in [5, 5.41) is 0.837. The summed E-state index contributed by atoms with van der Waals surface area (Å²) in [6, 6.07) is 6.45. The van der Waals surface area contributed by atoms with Crippen molar-refractivity contribution < 1.29 is 4.39 Å². The Bertz CT molecular complexity index is 604. The number of halogens is 1. The number of thioether (sulfide) groups is 1. The summed E-state index contributed by atoms with van der Waals surface area (Å²) in [5.41, 5.74) is 4.04. The zero-order valence-corrected chi connectivity index (χ0v) is 16.2. The van der Waals surface area contributed by atoms with Crippen molar-refractivity contribution in [3.05, 3.63) is 30.1 Å². The number of hydrogen-bond acceptors (Lipinski definition) is 2. The van der Waals surface area contributed by atoms with Crippen molar-refractivity contribution in [2.24, 2.45) is 10.9 Å². The molecule has 0 aliphatic heterocycles. The molecule has 0 amide bonds. The first-order valence-corrected chi connectivity index (χ1v) is 12.9. The molecule has 4 heteroatoms. The Morgan fingerprint density at radius 3 is 2.65 bits per heavy atom. The van der Waals surface area contributed by atoms with E-state index in [4.69, 9.17) is 0 Å². The van der Waals surface area contributed by atoms with Crippen molar-refractivity contribution in [3.63, 3.8) is 0 Å². The number of benzene rings is 1. The molecule has 1 saturated carbocycles. The van der Waals surface area contributed by atoms with Crippen molar-refractivity contribution in [2.75, 3.05) is 5.75 Å². The van der Waals surface area contributed by atoms with Crippen LogP contribution in [0.1, 0.15) is 32.1 Å². The van der Waals surface area contributed by atoms with Gasteiger partial charge in [0.15, 0.2) is 0 Å². The van der Waals surface area contributed by atoms with Gasteiger partial charge in [0, 0.05) is 5.75 Å². The Kier molecular flexibility index (Phi) is 6.92. The first kappa shape index (κ1) is 18.3.